The van der Waals surface area contributed by atoms with E-state index in [0.29, 0.717) is 23.1 Å². The summed E-state index contributed by atoms with van der Waals surface area (Å²) in [4.78, 5) is 44.7. The van der Waals surface area contributed by atoms with Gasteiger partial charge in [0.2, 0.25) is 11.7 Å². The average molecular weight is 328 g/mol. The second-order valence-corrected chi connectivity index (χ2v) is 5.37. The molecule has 124 valence electrons. The van der Waals surface area contributed by atoms with Crippen LogP contribution in [0.25, 0.3) is 11.5 Å². The van der Waals surface area contributed by atoms with Crippen molar-refractivity contribution in [2.45, 2.75) is 32.6 Å². The largest absolute Gasteiger partial charge is 0.429 e. The van der Waals surface area contributed by atoms with Crippen LogP contribution in [-0.2, 0) is 20.8 Å². The lowest BCUT2D eigenvalue weighted by molar-refractivity contribution is -0.173. The molecule has 0 N–H and O–H groups in total. The van der Waals surface area contributed by atoms with Gasteiger partial charge in [-0.3, -0.25) is 9.59 Å². The van der Waals surface area contributed by atoms with Gasteiger partial charge in [0.25, 0.3) is 11.8 Å². The second-order valence-electron chi connectivity index (χ2n) is 5.37. The van der Waals surface area contributed by atoms with Gasteiger partial charge in [0.1, 0.15) is 0 Å². The molecule has 1 aliphatic heterocycles. The van der Waals surface area contributed by atoms with Gasteiger partial charge >= 0.3 is 5.97 Å². The summed E-state index contributed by atoms with van der Waals surface area (Å²) < 4.78 is 5.56. The second kappa shape index (κ2) is 6.66. The van der Waals surface area contributed by atoms with Crippen LogP contribution in [0, 0.1) is 0 Å². The number of amides is 2. The Hall–Kier alpha value is -2.96. The highest BCUT2D eigenvalue weighted by Gasteiger charge is 2.35. The van der Waals surface area contributed by atoms with E-state index >= 15 is 0 Å². The molecule has 24 heavy (non-hydrogen) atoms. The van der Waals surface area contributed by atoms with E-state index in [0.717, 1.165) is 12.0 Å². The molecule has 7 heteroatoms. The number of hydrogen-bond acceptors (Lipinski definition) is 6. The Balaban J connectivity index is 1.88. The predicted molar refractivity (Wildman–Crippen MR) is 82.4 cm³/mol. The van der Waals surface area contributed by atoms with Crippen molar-refractivity contribution in [3.63, 3.8) is 0 Å². The average Bonchev–Trinajstić information content (AvgIpc) is 3.15. The van der Waals surface area contributed by atoms with Crippen LogP contribution in [0.1, 0.15) is 42.4 Å². The quantitative estimate of drug-likeness (QED) is 0.783. The van der Waals surface area contributed by atoms with Crippen LogP contribution in [0.2, 0.25) is 0 Å². The van der Waals surface area contributed by atoms with Crippen molar-refractivity contribution in [1.29, 1.82) is 0 Å². The monoisotopic (exact) mass is 328 g/mol. The molecule has 1 aromatic carbocycles. The maximum Gasteiger partial charge on any atom is 0.401 e. The summed E-state index contributed by atoms with van der Waals surface area (Å²) in [6.45, 7) is 1.94. The zero-order chi connectivity index (χ0) is 17.1. The molecule has 1 aliphatic rings. The third-order valence-corrected chi connectivity index (χ3v) is 3.57. The Morgan fingerprint density at radius 1 is 1.21 bits per heavy atom. The summed E-state index contributed by atoms with van der Waals surface area (Å²) in [6, 6.07) is 9.14. The van der Waals surface area contributed by atoms with Gasteiger partial charge in [-0.2, -0.15) is 0 Å². The third kappa shape index (κ3) is 3.05. The molecule has 2 aromatic rings. The fraction of sp³-hybridized carbons (Fsp3) is 0.294. The molecule has 1 saturated heterocycles. The van der Waals surface area contributed by atoms with Crippen molar-refractivity contribution < 1.29 is 23.6 Å². The number of carbonyl (C=O) groups is 3. The van der Waals surface area contributed by atoms with Crippen molar-refractivity contribution in [2.24, 2.45) is 0 Å². The lowest BCUT2D eigenvalue weighted by Crippen LogP contribution is -2.32. The minimum Gasteiger partial charge on any atom is -0.429 e. The van der Waals surface area contributed by atoms with Crippen molar-refractivity contribution in [3.05, 3.63) is 41.8 Å². The SMILES string of the molecule is CCCc1nc(-c2ccccc2)oc1C(=O)ON1C(=O)CCC1=O. The molecule has 2 amide bonds. The van der Waals surface area contributed by atoms with Gasteiger partial charge in [-0.25, -0.2) is 9.78 Å². The highest BCUT2D eigenvalue weighted by Crippen LogP contribution is 2.24. The molecule has 1 fully saturated rings. The van der Waals surface area contributed by atoms with Crippen LogP contribution >= 0.6 is 0 Å². The molecule has 0 radical (unpaired) electrons. The lowest BCUT2D eigenvalue weighted by atomic mass is 10.2. The van der Waals surface area contributed by atoms with Crippen LogP contribution in [-0.4, -0.2) is 27.8 Å². The summed E-state index contributed by atoms with van der Waals surface area (Å²) >= 11 is 0. The zero-order valence-electron chi connectivity index (χ0n) is 13.2. The number of nitrogens with zero attached hydrogens (tertiary/aromatic N) is 2. The number of aryl methyl sites for hydroxylation is 1. The van der Waals surface area contributed by atoms with Gasteiger partial charge in [0, 0.05) is 18.4 Å². The number of hydroxylamine groups is 2. The molecular formula is C17H16N2O5. The predicted octanol–water partition coefficient (Wildman–Crippen LogP) is 2.51. The fourth-order valence-electron chi connectivity index (χ4n) is 2.40. The molecule has 1 aromatic heterocycles. The smallest absolute Gasteiger partial charge is 0.401 e. The van der Waals surface area contributed by atoms with Crippen molar-refractivity contribution in [3.8, 4) is 11.5 Å². The topological polar surface area (TPSA) is 89.7 Å². The number of oxazole rings is 1. The van der Waals surface area contributed by atoms with Crippen LogP contribution < -0.4 is 0 Å². The minimum atomic E-state index is -0.892. The summed E-state index contributed by atoms with van der Waals surface area (Å²) in [5.41, 5.74) is 1.17. The summed E-state index contributed by atoms with van der Waals surface area (Å²) in [7, 11) is 0. The summed E-state index contributed by atoms with van der Waals surface area (Å²) in [5.74, 6) is -1.74. The highest BCUT2D eigenvalue weighted by molar-refractivity contribution is 6.02. The molecule has 0 atom stereocenters. The first-order valence-corrected chi connectivity index (χ1v) is 7.73. The Morgan fingerprint density at radius 2 is 1.88 bits per heavy atom. The Morgan fingerprint density at radius 3 is 2.50 bits per heavy atom. The number of benzene rings is 1. The highest BCUT2D eigenvalue weighted by atomic mass is 16.7. The molecule has 0 spiro atoms. The first-order valence-electron chi connectivity index (χ1n) is 7.73. The molecule has 2 heterocycles. The molecule has 0 unspecified atom stereocenters. The molecule has 0 saturated carbocycles. The molecular weight excluding hydrogens is 312 g/mol. The van der Waals surface area contributed by atoms with Crippen molar-refractivity contribution in [2.75, 3.05) is 0 Å². The van der Waals surface area contributed by atoms with E-state index in [4.69, 9.17) is 9.25 Å². The van der Waals surface area contributed by atoms with E-state index in [1.165, 1.54) is 0 Å². The van der Waals surface area contributed by atoms with Crippen LogP contribution in [0.5, 0.6) is 0 Å². The van der Waals surface area contributed by atoms with Gasteiger partial charge in [-0.1, -0.05) is 31.5 Å². The van der Waals surface area contributed by atoms with Crippen molar-refractivity contribution >= 4 is 17.8 Å². The van der Waals surface area contributed by atoms with Crippen LogP contribution in [0.4, 0.5) is 0 Å². The van der Waals surface area contributed by atoms with E-state index in [-0.39, 0.29) is 18.6 Å². The first kappa shape index (κ1) is 15.9. The number of aromatic nitrogens is 1. The van der Waals surface area contributed by atoms with E-state index < -0.39 is 17.8 Å². The lowest BCUT2D eigenvalue weighted by Gasteiger charge is -2.11. The number of rotatable bonds is 5. The minimum absolute atomic E-state index is 0.0413. The van der Waals surface area contributed by atoms with Gasteiger partial charge < -0.3 is 9.25 Å². The molecule has 7 nitrogen and oxygen atoms in total. The summed E-state index contributed by atoms with van der Waals surface area (Å²) in [5, 5.41) is 0.503. The van der Waals surface area contributed by atoms with Gasteiger partial charge in [-0.05, 0) is 18.6 Å². The fourth-order valence-corrected chi connectivity index (χ4v) is 2.40. The van der Waals surface area contributed by atoms with E-state index in [1.807, 2.05) is 37.3 Å². The number of hydrogen-bond donors (Lipinski definition) is 0. The van der Waals surface area contributed by atoms with Crippen LogP contribution in [0.3, 0.4) is 0 Å². The third-order valence-electron chi connectivity index (χ3n) is 3.57. The molecule has 0 aliphatic carbocycles. The Kier molecular flexibility index (Phi) is 4.41. The van der Waals surface area contributed by atoms with E-state index in [1.54, 1.807) is 0 Å². The summed E-state index contributed by atoms with van der Waals surface area (Å²) in [6.07, 6.45) is 1.35. The Labute approximate surface area is 138 Å². The standard InChI is InChI=1S/C17H16N2O5/c1-2-6-12-15(17(22)24-19-13(20)9-10-14(19)21)23-16(18-12)11-7-4-3-5-8-11/h3-5,7-8H,2,6,9-10H2,1H3. The number of imide groups is 1. The van der Waals surface area contributed by atoms with E-state index in [2.05, 4.69) is 4.98 Å². The first-order chi connectivity index (χ1) is 11.6. The molecule has 3 rings (SSSR count). The van der Waals surface area contributed by atoms with Crippen LogP contribution in [0.15, 0.2) is 34.7 Å². The maximum atomic E-state index is 12.3. The van der Waals surface area contributed by atoms with Gasteiger partial charge in [0.15, 0.2) is 0 Å². The van der Waals surface area contributed by atoms with E-state index in [9.17, 15) is 14.4 Å². The van der Waals surface area contributed by atoms with Crippen molar-refractivity contribution in [1.82, 2.24) is 10.0 Å². The maximum absolute atomic E-state index is 12.3. The van der Waals surface area contributed by atoms with Gasteiger partial charge in [0.05, 0.1) is 5.69 Å². The normalized spacial score (nSPS) is 14.3. The zero-order valence-corrected chi connectivity index (χ0v) is 13.2. The Bertz CT molecular complexity index is 766. The van der Waals surface area contributed by atoms with Gasteiger partial charge in [-0.15, -0.1) is 5.06 Å². The molecule has 0 bridgehead atoms. The number of carbonyl (C=O) groups excluding carboxylic acids is 3.